The maximum atomic E-state index is 5.97. The molecule has 0 amide bonds. The summed E-state index contributed by atoms with van der Waals surface area (Å²) in [6.07, 6.45) is 0. The van der Waals surface area contributed by atoms with Crippen molar-refractivity contribution >= 4 is 23.2 Å². The normalized spacial score (nSPS) is 11.7. The molecule has 0 heterocycles. The minimum atomic E-state index is -2.46. The number of hydrogen-bond acceptors (Lipinski definition) is 3. The molecule has 0 saturated heterocycles. The van der Waals surface area contributed by atoms with E-state index in [1.165, 1.54) is 0 Å². The number of hydrogen-bond donors (Lipinski definition) is 0. The molecule has 3 aromatic rings. The predicted molar refractivity (Wildman–Crippen MR) is 109 cm³/mol. The zero-order valence-corrected chi connectivity index (χ0v) is 17.4. The Morgan fingerprint density at radius 1 is 0.519 bits per heavy atom. The second-order valence-corrected chi connectivity index (χ2v) is 9.25. The van der Waals surface area contributed by atoms with Crippen LogP contribution in [-0.4, -0.2) is 27.0 Å². The Morgan fingerprint density at radius 3 is 1.00 bits per heavy atom. The van der Waals surface area contributed by atoms with Gasteiger partial charge in [0.2, 0.25) is 7.26 Å². The van der Waals surface area contributed by atoms with Crippen LogP contribution in [0.3, 0.4) is 0 Å². The van der Waals surface area contributed by atoms with E-state index in [-0.39, 0.29) is 12.4 Å². The van der Waals surface area contributed by atoms with E-state index in [1.54, 1.807) is 21.3 Å². The lowest BCUT2D eigenvalue weighted by atomic mass is 10.4. The van der Waals surface area contributed by atoms with Gasteiger partial charge in [0.25, 0.3) is 0 Å². The quantitative estimate of drug-likeness (QED) is 0.426. The van der Waals surface area contributed by atoms with Crippen molar-refractivity contribution in [3.8, 4) is 0 Å². The van der Waals surface area contributed by atoms with Crippen molar-refractivity contribution in [1.29, 1.82) is 0 Å². The Morgan fingerprint density at radius 2 is 0.778 bits per heavy atom. The number of rotatable bonds is 7. The van der Waals surface area contributed by atoms with Crippen LogP contribution in [0, 0.1) is 0 Å². The van der Waals surface area contributed by atoms with Crippen LogP contribution in [0.4, 0.5) is 0 Å². The molecule has 5 heteroatoms. The maximum Gasteiger partial charge on any atom is 0.417 e. The first-order valence-electron chi connectivity index (χ1n) is 8.46. The van der Waals surface area contributed by atoms with Crippen molar-refractivity contribution in [2.45, 2.75) is 5.71 Å². The van der Waals surface area contributed by atoms with Gasteiger partial charge in [0.1, 0.15) is 15.9 Å². The van der Waals surface area contributed by atoms with E-state index in [0.29, 0.717) is 0 Å². The van der Waals surface area contributed by atoms with Crippen molar-refractivity contribution in [3.63, 3.8) is 0 Å². The molecule has 0 aliphatic heterocycles. The van der Waals surface area contributed by atoms with Crippen LogP contribution in [-0.2, 0) is 14.2 Å². The van der Waals surface area contributed by atoms with Gasteiger partial charge in [0, 0.05) is 21.3 Å². The average molecular weight is 403 g/mol. The number of ether oxygens (including phenoxy) is 3. The van der Waals surface area contributed by atoms with E-state index in [0.717, 1.165) is 15.9 Å². The van der Waals surface area contributed by atoms with Crippen LogP contribution < -0.4 is 28.3 Å². The van der Waals surface area contributed by atoms with Crippen LogP contribution in [0.1, 0.15) is 0 Å². The highest BCUT2D eigenvalue weighted by molar-refractivity contribution is 7.96. The van der Waals surface area contributed by atoms with Crippen LogP contribution in [0.25, 0.3) is 0 Å². The van der Waals surface area contributed by atoms with Gasteiger partial charge in [-0.2, -0.15) is 0 Å². The first-order chi connectivity index (χ1) is 12.7. The molecule has 3 aromatic carbocycles. The lowest BCUT2D eigenvalue weighted by Crippen LogP contribution is -3.00. The molecule has 0 aromatic heterocycles. The van der Waals surface area contributed by atoms with E-state index in [9.17, 15) is 0 Å². The number of benzene rings is 3. The summed E-state index contributed by atoms with van der Waals surface area (Å²) in [6.45, 7) is 0. The average Bonchev–Trinajstić information content (AvgIpc) is 2.74. The standard InChI is InChI=1S/C22H24O3P.ClH/c1-23-22(24-2,25-3)26(19-13-7-4-8-14-19,20-15-9-5-10-16-20)21-17-11-6-12-18-21;/h4-18H,1-3H3;1H/q+1;/p-1. The monoisotopic (exact) mass is 402 g/mol. The third-order valence-electron chi connectivity index (χ3n) is 4.62. The van der Waals surface area contributed by atoms with Gasteiger partial charge in [-0.25, -0.2) is 0 Å². The Hall–Kier alpha value is -1.74. The first kappa shape index (κ1) is 21.6. The summed E-state index contributed by atoms with van der Waals surface area (Å²) in [5.41, 5.74) is -1.24. The molecule has 0 saturated carbocycles. The molecular weight excluding hydrogens is 379 g/mol. The first-order valence-corrected chi connectivity index (χ1v) is 10.3. The van der Waals surface area contributed by atoms with Gasteiger partial charge in [-0.3, -0.25) is 14.2 Å². The lowest BCUT2D eigenvalue weighted by molar-refractivity contribution is -0.289. The lowest BCUT2D eigenvalue weighted by Gasteiger charge is -2.39. The van der Waals surface area contributed by atoms with Crippen LogP contribution in [0.5, 0.6) is 0 Å². The van der Waals surface area contributed by atoms with Crippen molar-refractivity contribution in [2.24, 2.45) is 0 Å². The maximum absolute atomic E-state index is 5.97. The summed E-state index contributed by atoms with van der Waals surface area (Å²) in [5, 5.41) is 3.38. The SMILES string of the molecule is COC(OC)(OC)[P+](c1ccccc1)(c1ccccc1)c1ccccc1.[Cl-]. The molecule has 27 heavy (non-hydrogen) atoms. The zero-order chi connectivity index (χ0) is 18.5. The van der Waals surface area contributed by atoms with Gasteiger partial charge in [-0.15, -0.1) is 0 Å². The van der Waals surface area contributed by atoms with Crippen LogP contribution in [0.15, 0.2) is 91.0 Å². The Labute approximate surface area is 168 Å². The largest absolute Gasteiger partial charge is 1.00 e. The summed E-state index contributed by atoms with van der Waals surface area (Å²) >= 11 is 0. The molecule has 0 aliphatic carbocycles. The summed E-state index contributed by atoms with van der Waals surface area (Å²) in [7, 11) is 2.45. The molecule has 0 unspecified atom stereocenters. The fourth-order valence-corrected chi connectivity index (χ4v) is 8.06. The van der Waals surface area contributed by atoms with E-state index < -0.39 is 13.0 Å². The van der Waals surface area contributed by atoms with Crippen molar-refractivity contribution in [1.82, 2.24) is 0 Å². The second kappa shape index (κ2) is 9.45. The minimum absolute atomic E-state index is 0. The number of halogens is 1. The molecule has 0 atom stereocenters. The molecule has 0 radical (unpaired) electrons. The van der Waals surface area contributed by atoms with Crippen LogP contribution >= 0.6 is 7.26 Å². The fraction of sp³-hybridized carbons (Fsp3) is 0.182. The topological polar surface area (TPSA) is 27.7 Å². The molecular formula is C22H24ClO3P. The van der Waals surface area contributed by atoms with Gasteiger partial charge < -0.3 is 12.4 Å². The molecule has 3 nitrogen and oxygen atoms in total. The summed E-state index contributed by atoms with van der Waals surface area (Å²) < 4.78 is 17.9. The Kier molecular flexibility index (Phi) is 7.55. The fourth-order valence-electron chi connectivity index (χ4n) is 3.54. The van der Waals surface area contributed by atoms with Gasteiger partial charge >= 0.3 is 5.71 Å². The number of methoxy groups -OCH3 is 3. The van der Waals surface area contributed by atoms with Gasteiger partial charge in [-0.1, -0.05) is 54.6 Å². The highest BCUT2D eigenvalue weighted by atomic mass is 35.5. The smallest absolute Gasteiger partial charge is 0.417 e. The highest BCUT2D eigenvalue weighted by Gasteiger charge is 2.66. The molecule has 0 N–H and O–H groups in total. The van der Waals surface area contributed by atoms with Crippen molar-refractivity contribution in [2.75, 3.05) is 21.3 Å². The third-order valence-corrected chi connectivity index (χ3v) is 9.20. The van der Waals surface area contributed by atoms with E-state index in [4.69, 9.17) is 14.2 Å². The molecule has 0 bridgehead atoms. The minimum Gasteiger partial charge on any atom is -1.00 e. The molecule has 0 aliphatic rings. The molecule has 142 valence electrons. The Bertz CT molecular complexity index is 704. The Balaban J connectivity index is 0.00000261. The summed E-state index contributed by atoms with van der Waals surface area (Å²) in [4.78, 5) is 0. The van der Waals surface area contributed by atoms with Crippen molar-refractivity contribution < 1.29 is 26.6 Å². The predicted octanol–water partition coefficient (Wildman–Crippen LogP) is 0.535. The van der Waals surface area contributed by atoms with E-state index in [1.807, 2.05) is 54.6 Å². The molecule has 3 rings (SSSR count). The van der Waals surface area contributed by atoms with Gasteiger partial charge in [0.15, 0.2) is 0 Å². The van der Waals surface area contributed by atoms with Gasteiger partial charge in [-0.05, 0) is 36.4 Å². The van der Waals surface area contributed by atoms with Crippen LogP contribution in [0.2, 0.25) is 0 Å². The summed E-state index contributed by atoms with van der Waals surface area (Å²) in [5.74, 6) is 0. The third kappa shape index (κ3) is 3.54. The van der Waals surface area contributed by atoms with E-state index >= 15 is 0 Å². The van der Waals surface area contributed by atoms with E-state index in [2.05, 4.69) is 36.4 Å². The van der Waals surface area contributed by atoms with Crippen molar-refractivity contribution in [3.05, 3.63) is 91.0 Å². The zero-order valence-electron chi connectivity index (χ0n) is 15.7. The summed E-state index contributed by atoms with van der Waals surface area (Å²) in [6, 6.07) is 31.1. The van der Waals surface area contributed by atoms with Gasteiger partial charge in [0.05, 0.1) is 0 Å². The molecule has 0 spiro atoms. The second-order valence-electron chi connectivity index (χ2n) is 5.81. The highest BCUT2D eigenvalue weighted by Crippen LogP contribution is 2.66. The molecule has 0 fully saturated rings.